The lowest BCUT2D eigenvalue weighted by molar-refractivity contribution is -0.129. The van der Waals surface area contributed by atoms with Gasteiger partial charge in [-0.15, -0.1) is 0 Å². The van der Waals surface area contributed by atoms with E-state index in [2.05, 4.69) is 49.4 Å². The molecule has 2 amide bonds. The molecule has 0 spiro atoms. The molecule has 8 nitrogen and oxygen atoms in total. The van der Waals surface area contributed by atoms with E-state index in [-0.39, 0.29) is 5.91 Å². The standard InChI is InChI=1S/C39H54N4O4/c1-8-32(9-2)21-20-29(5)27-40-35(11-4)36(42-31(7)16-12-15-19-37(45)46)26-30(6)38(47)43-24-22-39(23-25-43,41-28-44)34-18-14-13-17-33(34)10-3/h8,11,13-14,17-18,20-21,26-28,37,45-46H,1,4,9-10,12,15-16,19,22-25H2,2-3,5-7H3,(H,41,44)/b29-20+,30-26+,32-21+,36-35-,40-27+,42-31?. The van der Waals surface area contributed by atoms with Gasteiger partial charge in [0.05, 0.1) is 16.9 Å². The van der Waals surface area contributed by atoms with Gasteiger partial charge in [0.15, 0.2) is 6.29 Å². The third-order valence-electron chi connectivity index (χ3n) is 8.50. The van der Waals surface area contributed by atoms with E-state index in [4.69, 9.17) is 4.99 Å². The van der Waals surface area contributed by atoms with Crippen LogP contribution >= 0.6 is 0 Å². The van der Waals surface area contributed by atoms with Crippen molar-refractivity contribution in [2.45, 2.75) is 97.8 Å². The molecule has 1 aromatic carbocycles. The van der Waals surface area contributed by atoms with E-state index in [1.807, 2.05) is 49.1 Å². The molecule has 3 N–H and O–H groups in total. The van der Waals surface area contributed by atoms with Gasteiger partial charge in [0.1, 0.15) is 0 Å². The quantitative estimate of drug-likeness (QED) is 0.0398. The number of piperidine rings is 1. The molecule has 254 valence electrons. The summed E-state index contributed by atoms with van der Waals surface area (Å²) in [4.78, 5) is 36.9. The van der Waals surface area contributed by atoms with Crippen LogP contribution in [0.5, 0.6) is 0 Å². The second-order valence-electron chi connectivity index (χ2n) is 12.0. The van der Waals surface area contributed by atoms with Gasteiger partial charge in [-0.3, -0.25) is 19.6 Å². The number of rotatable bonds is 18. The molecule has 0 bridgehead atoms. The first-order valence-electron chi connectivity index (χ1n) is 16.6. The number of aliphatic hydroxyl groups is 2. The molecule has 47 heavy (non-hydrogen) atoms. The van der Waals surface area contributed by atoms with Crippen LogP contribution in [0, 0.1) is 0 Å². The average molecular weight is 643 g/mol. The highest BCUT2D eigenvalue weighted by Crippen LogP contribution is 2.35. The number of amides is 2. The Balaban J connectivity index is 2.41. The van der Waals surface area contributed by atoms with E-state index in [1.54, 1.807) is 25.3 Å². The summed E-state index contributed by atoms with van der Waals surface area (Å²) in [7, 11) is 0. The monoisotopic (exact) mass is 642 g/mol. The largest absolute Gasteiger partial charge is 0.368 e. The lowest BCUT2D eigenvalue weighted by Gasteiger charge is -2.43. The van der Waals surface area contributed by atoms with Crippen molar-refractivity contribution >= 4 is 24.2 Å². The molecule has 0 unspecified atom stereocenters. The van der Waals surface area contributed by atoms with E-state index in [0.29, 0.717) is 62.2 Å². The van der Waals surface area contributed by atoms with E-state index < -0.39 is 11.8 Å². The molecular weight excluding hydrogens is 588 g/mol. The number of nitrogens with one attached hydrogen (secondary N) is 1. The number of benzene rings is 1. The lowest BCUT2D eigenvalue weighted by atomic mass is 9.78. The zero-order valence-corrected chi connectivity index (χ0v) is 29.0. The Morgan fingerprint density at radius 2 is 1.74 bits per heavy atom. The molecule has 2 rings (SSSR count). The number of carbonyl (C=O) groups is 2. The summed E-state index contributed by atoms with van der Waals surface area (Å²) in [5.41, 5.74) is 6.25. The number of allylic oxidation sites excluding steroid dienone is 7. The summed E-state index contributed by atoms with van der Waals surface area (Å²) in [6.07, 6.45) is 15.8. The van der Waals surface area contributed by atoms with Crippen LogP contribution in [0.3, 0.4) is 0 Å². The van der Waals surface area contributed by atoms with Gasteiger partial charge in [-0.25, -0.2) is 0 Å². The highest BCUT2D eigenvalue weighted by atomic mass is 16.5. The molecule has 1 fully saturated rings. The molecule has 1 aliphatic heterocycles. The Hall–Kier alpha value is -4.14. The van der Waals surface area contributed by atoms with Crippen LogP contribution in [0.1, 0.15) is 90.7 Å². The Morgan fingerprint density at radius 3 is 2.34 bits per heavy atom. The molecule has 1 heterocycles. The number of nitrogens with zero attached hydrogens (tertiary/aromatic N) is 3. The number of aliphatic hydroxyl groups excluding tert-OH is 1. The maximum absolute atomic E-state index is 13.8. The summed E-state index contributed by atoms with van der Waals surface area (Å²) in [6.45, 7) is 18.7. The van der Waals surface area contributed by atoms with Crippen LogP contribution in [-0.2, 0) is 21.5 Å². The number of carbonyl (C=O) groups excluding carboxylic acids is 2. The number of unbranched alkanes of at least 4 members (excludes halogenated alkanes) is 1. The predicted molar refractivity (Wildman–Crippen MR) is 194 cm³/mol. The van der Waals surface area contributed by atoms with Crippen molar-refractivity contribution in [3.63, 3.8) is 0 Å². The van der Waals surface area contributed by atoms with Crippen molar-refractivity contribution in [1.29, 1.82) is 0 Å². The van der Waals surface area contributed by atoms with Gasteiger partial charge in [0.25, 0.3) is 0 Å². The first kappa shape index (κ1) is 39.0. The molecule has 0 aromatic heterocycles. The van der Waals surface area contributed by atoms with Crippen LogP contribution in [0.15, 0.2) is 106 Å². The van der Waals surface area contributed by atoms with Crippen LogP contribution < -0.4 is 5.32 Å². The van der Waals surface area contributed by atoms with E-state index in [9.17, 15) is 19.8 Å². The lowest BCUT2D eigenvalue weighted by Crippen LogP contribution is -2.52. The van der Waals surface area contributed by atoms with Crippen LogP contribution in [0.25, 0.3) is 0 Å². The number of likely N-dealkylation sites (tertiary alicyclic amines) is 1. The first-order valence-corrected chi connectivity index (χ1v) is 16.6. The normalized spacial score (nSPS) is 16.7. The molecule has 0 radical (unpaired) electrons. The Kier molecular flexibility index (Phi) is 16.8. The molecule has 0 aliphatic carbocycles. The fourth-order valence-corrected chi connectivity index (χ4v) is 5.65. The van der Waals surface area contributed by atoms with Gasteiger partial charge < -0.3 is 20.4 Å². The summed E-state index contributed by atoms with van der Waals surface area (Å²) < 4.78 is 0. The maximum Gasteiger partial charge on any atom is 0.249 e. The first-order chi connectivity index (χ1) is 22.5. The van der Waals surface area contributed by atoms with Crippen LogP contribution in [0.2, 0.25) is 0 Å². The SMILES string of the molecule is C=C\C(=C/C=C(C)/C=N/C(C=C)=C(/C=C(\C)C(=O)N1CCC(NC=O)(c2ccccc2CC)CC1)N=C(C)CCCCC(O)O)CC. The fraction of sp³-hybridized carbons (Fsp3) is 0.436. The summed E-state index contributed by atoms with van der Waals surface area (Å²) >= 11 is 0. The van der Waals surface area contributed by atoms with Crippen molar-refractivity contribution in [3.8, 4) is 0 Å². The predicted octanol–water partition coefficient (Wildman–Crippen LogP) is 7.03. The fourth-order valence-electron chi connectivity index (χ4n) is 5.65. The zero-order chi connectivity index (χ0) is 34.8. The molecule has 0 atom stereocenters. The molecule has 0 saturated carbocycles. The topological polar surface area (TPSA) is 115 Å². The van der Waals surface area contributed by atoms with E-state index >= 15 is 0 Å². The zero-order valence-electron chi connectivity index (χ0n) is 29.0. The molecule has 1 saturated heterocycles. The third-order valence-corrected chi connectivity index (χ3v) is 8.50. The summed E-state index contributed by atoms with van der Waals surface area (Å²) in [6, 6.07) is 8.18. The van der Waals surface area contributed by atoms with Crippen LogP contribution in [0.4, 0.5) is 0 Å². The van der Waals surface area contributed by atoms with Crippen LogP contribution in [-0.4, -0.2) is 58.7 Å². The van der Waals surface area contributed by atoms with Gasteiger partial charge in [0, 0.05) is 30.6 Å². The Labute approximate surface area is 281 Å². The molecule has 8 heteroatoms. The minimum absolute atomic E-state index is 0.0964. The van der Waals surface area contributed by atoms with Crippen molar-refractivity contribution in [2.75, 3.05) is 13.1 Å². The Morgan fingerprint density at radius 1 is 1.04 bits per heavy atom. The van der Waals surface area contributed by atoms with Crippen molar-refractivity contribution < 1.29 is 19.8 Å². The van der Waals surface area contributed by atoms with E-state index in [1.165, 1.54) is 5.56 Å². The molecular formula is C39H54N4O4. The van der Waals surface area contributed by atoms with Gasteiger partial charge in [-0.05, 0) is 107 Å². The minimum atomic E-state index is -1.32. The smallest absolute Gasteiger partial charge is 0.249 e. The molecule has 1 aliphatic rings. The van der Waals surface area contributed by atoms with Crippen molar-refractivity contribution in [2.24, 2.45) is 9.98 Å². The Bertz CT molecular complexity index is 1420. The maximum atomic E-state index is 13.8. The number of aryl methyl sites for hydroxylation is 1. The van der Waals surface area contributed by atoms with E-state index in [0.717, 1.165) is 48.1 Å². The number of hydrogen-bond acceptors (Lipinski definition) is 6. The summed E-state index contributed by atoms with van der Waals surface area (Å²) in [5, 5.41) is 21.5. The third kappa shape index (κ3) is 12.2. The second-order valence-corrected chi connectivity index (χ2v) is 12.0. The van der Waals surface area contributed by atoms with Gasteiger partial charge >= 0.3 is 0 Å². The highest BCUT2D eigenvalue weighted by Gasteiger charge is 2.38. The van der Waals surface area contributed by atoms with Gasteiger partial charge in [-0.1, -0.05) is 69.5 Å². The minimum Gasteiger partial charge on any atom is -0.368 e. The number of aliphatic imine (C=N–C) groups is 2. The average Bonchev–Trinajstić information content (AvgIpc) is 3.07. The van der Waals surface area contributed by atoms with Crippen molar-refractivity contribution in [1.82, 2.24) is 10.2 Å². The molecule has 1 aromatic rings. The summed E-state index contributed by atoms with van der Waals surface area (Å²) in [5.74, 6) is -0.0964. The number of hydrogen-bond donors (Lipinski definition) is 3. The highest BCUT2D eigenvalue weighted by molar-refractivity contribution is 5.94. The van der Waals surface area contributed by atoms with Gasteiger partial charge in [0.2, 0.25) is 12.3 Å². The second kappa shape index (κ2) is 20.2. The van der Waals surface area contributed by atoms with Crippen molar-refractivity contribution in [3.05, 3.63) is 107 Å². The van der Waals surface area contributed by atoms with Gasteiger partial charge in [-0.2, -0.15) is 0 Å².